The van der Waals surface area contributed by atoms with Gasteiger partial charge in [-0.15, -0.1) is 0 Å². The smallest absolute Gasteiger partial charge is 0.270 e. The summed E-state index contributed by atoms with van der Waals surface area (Å²) >= 11 is 3.44. The fourth-order valence-electron chi connectivity index (χ4n) is 3.47. The number of benzene rings is 2. The van der Waals surface area contributed by atoms with Crippen molar-refractivity contribution in [1.29, 1.82) is 0 Å². The lowest BCUT2D eigenvalue weighted by Gasteiger charge is -2.14. The molecule has 1 aliphatic heterocycles. The Bertz CT molecular complexity index is 1070. The van der Waals surface area contributed by atoms with Crippen molar-refractivity contribution in [2.24, 2.45) is 4.99 Å². The minimum absolute atomic E-state index is 0.182. The maximum atomic E-state index is 12.4. The topological polar surface area (TPSA) is 90.9 Å². The van der Waals surface area contributed by atoms with Crippen LogP contribution >= 0.6 is 15.9 Å². The first-order chi connectivity index (χ1) is 18.0. The first kappa shape index (κ1) is 30.0. The Morgan fingerprint density at radius 3 is 2.19 bits per heavy atom. The number of likely N-dealkylation sites (tertiary alicyclic amines) is 1. The summed E-state index contributed by atoms with van der Waals surface area (Å²) in [7, 11) is 5.39. The van der Waals surface area contributed by atoms with Crippen molar-refractivity contribution in [3.05, 3.63) is 77.0 Å². The van der Waals surface area contributed by atoms with Gasteiger partial charge in [-0.05, 0) is 101 Å². The second-order valence-corrected chi connectivity index (χ2v) is 9.17. The Hall–Kier alpha value is -3.27. The third-order valence-corrected chi connectivity index (χ3v) is 5.63. The highest BCUT2D eigenvalue weighted by atomic mass is 79.9. The Morgan fingerprint density at radius 1 is 1.03 bits per heavy atom. The van der Waals surface area contributed by atoms with Crippen molar-refractivity contribution in [2.75, 3.05) is 52.6 Å². The number of ether oxygens (including phenoxy) is 1. The summed E-state index contributed by atoms with van der Waals surface area (Å²) in [4.78, 5) is 22.2. The zero-order valence-corrected chi connectivity index (χ0v) is 23.4. The molecule has 2 aromatic carbocycles. The predicted octanol–water partition coefficient (Wildman–Crippen LogP) is 5.36. The molecule has 1 amide bonds. The molecule has 9 heteroatoms. The molecule has 1 fully saturated rings. The number of carbonyl (C=O) groups excluding carboxylic acids is 1. The zero-order valence-electron chi connectivity index (χ0n) is 21.8. The fourth-order valence-corrected chi connectivity index (χ4v) is 3.73. The average molecular weight is 570 g/mol. The fraction of sp³-hybridized carbons (Fsp3) is 0.321. The van der Waals surface area contributed by atoms with E-state index in [1.165, 1.54) is 12.8 Å². The van der Waals surface area contributed by atoms with E-state index in [1.54, 1.807) is 25.4 Å². The van der Waals surface area contributed by atoms with Crippen LogP contribution < -0.4 is 20.7 Å². The van der Waals surface area contributed by atoms with Crippen LogP contribution in [-0.4, -0.2) is 69.8 Å². The summed E-state index contributed by atoms with van der Waals surface area (Å²) in [6.45, 7) is 6.85. The minimum atomic E-state index is -0.182. The van der Waals surface area contributed by atoms with Crippen LogP contribution in [0.2, 0.25) is 0 Å². The first-order valence-electron chi connectivity index (χ1n) is 12.2. The van der Waals surface area contributed by atoms with Gasteiger partial charge >= 0.3 is 0 Å². The van der Waals surface area contributed by atoms with E-state index in [1.807, 2.05) is 62.6 Å². The van der Waals surface area contributed by atoms with Crippen molar-refractivity contribution >= 4 is 39.9 Å². The van der Waals surface area contributed by atoms with E-state index in [9.17, 15) is 4.79 Å². The molecule has 3 N–H and O–H groups in total. The van der Waals surface area contributed by atoms with E-state index in [2.05, 4.69) is 53.5 Å². The molecule has 3 aromatic rings. The molecule has 0 bridgehead atoms. The number of nitrogens with zero attached hydrogens (tertiary/aromatic N) is 3. The largest absolute Gasteiger partial charge is 0.457 e. The van der Waals surface area contributed by atoms with E-state index in [4.69, 9.17) is 4.74 Å². The Morgan fingerprint density at radius 2 is 1.59 bits per heavy atom. The number of aromatic nitrogens is 1. The molecule has 1 aliphatic rings. The molecule has 0 atom stereocenters. The number of nitrogens with one attached hydrogen (secondary N) is 3. The average Bonchev–Trinajstić information content (AvgIpc) is 3.41. The molecule has 0 saturated carbocycles. The Balaban J connectivity index is 0.000000733. The van der Waals surface area contributed by atoms with Crippen LogP contribution in [0.1, 0.15) is 23.3 Å². The molecule has 2 heterocycles. The lowest BCUT2D eigenvalue weighted by molar-refractivity contribution is 0.0944. The van der Waals surface area contributed by atoms with E-state index in [0.29, 0.717) is 23.7 Å². The van der Waals surface area contributed by atoms with E-state index in [0.717, 1.165) is 35.5 Å². The van der Waals surface area contributed by atoms with Gasteiger partial charge in [-0.1, -0.05) is 15.9 Å². The van der Waals surface area contributed by atoms with Gasteiger partial charge in [0.2, 0.25) is 0 Å². The van der Waals surface area contributed by atoms with Crippen molar-refractivity contribution in [3.63, 3.8) is 0 Å². The van der Waals surface area contributed by atoms with Gasteiger partial charge in [-0.2, -0.15) is 0 Å². The number of rotatable bonds is 8. The molecule has 1 aromatic heterocycles. The summed E-state index contributed by atoms with van der Waals surface area (Å²) in [5, 5.41) is 9.03. The van der Waals surface area contributed by atoms with Gasteiger partial charge in [0.05, 0.1) is 0 Å². The Labute approximate surface area is 228 Å². The van der Waals surface area contributed by atoms with Gasteiger partial charge in [0.25, 0.3) is 5.91 Å². The van der Waals surface area contributed by atoms with E-state index < -0.39 is 0 Å². The van der Waals surface area contributed by atoms with Crippen molar-refractivity contribution in [3.8, 4) is 11.5 Å². The maximum absolute atomic E-state index is 12.4. The number of hydrogen-bond donors (Lipinski definition) is 3. The number of pyridine rings is 1. The van der Waals surface area contributed by atoms with Gasteiger partial charge in [-0.25, -0.2) is 0 Å². The molecule has 4 rings (SSSR count). The Kier molecular flexibility index (Phi) is 14.0. The van der Waals surface area contributed by atoms with Crippen molar-refractivity contribution in [1.82, 2.24) is 20.5 Å². The third-order valence-electron chi connectivity index (χ3n) is 5.10. The van der Waals surface area contributed by atoms with Gasteiger partial charge in [0.15, 0.2) is 0 Å². The second-order valence-electron chi connectivity index (χ2n) is 8.26. The summed E-state index contributed by atoms with van der Waals surface area (Å²) < 4.78 is 6.95. The summed E-state index contributed by atoms with van der Waals surface area (Å²) in [5.74, 6) is 1.08. The molecular weight excluding hydrogens is 532 g/mol. The van der Waals surface area contributed by atoms with Crippen molar-refractivity contribution < 1.29 is 9.53 Å². The van der Waals surface area contributed by atoms with Crippen LogP contribution in [0.3, 0.4) is 0 Å². The molecular formula is C28H37BrN6O2. The van der Waals surface area contributed by atoms with E-state index in [-0.39, 0.29) is 5.91 Å². The predicted molar refractivity (Wildman–Crippen MR) is 157 cm³/mol. The molecule has 0 unspecified atom stereocenters. The van der Waals surface area contributed by atoms with Crippen LogP contribution in [0.15, 0.2) is 76.3 Å². The number of carbonyl (C=O) groups is 1. The number of aliphatic imine (C=N–C) groups is 1. The number of amides is 1. The van der Waals surface area contributed by atoms with Crippen molar-refractivity contribution in [2.45, 2.75) is 12.8 Å². The van der Waals surface area contributed by atoms with Crippen LogP contribution in [0.4, 0.5) is 11.4 Å². The summed E-state index contributed by atoms with van der Waals surface area (Å²) in [6.07, 6.45) is 4.08. The highest BCUT2D eigenvalue weighted by Gasteiger charge is 2.13. The molecule has 0 aliphatic carbocycles. The molecule has 198 valence electrons. The van der Waals surface area contributed by atoms with Gasteiger partial charge < -0.3 is 30.6 Å². The first-order valence-corrected chi connectivity index (χ1v) is 13.0. The van der Waals surface area contributed by atoms with E-state index >= 15 is 0 Å². The highest BCUT2D eigenvalue weighted by Crippen LogP contribution is 2.25. The SMILES string of the molecule is C=NC.CNC.O=C(NCCN1CCCC1)c1cc(Oc2ccc(Nc3ccc(Br)cc3)cc2)ccn1. The van der Waals surface area contributed by atoms with Crippen LogP contribution in [0.25, 0.3) is 0 Å². The maximum Gasteiger partial charge on any atom is 0.270 e. The lowest BCUT2D eigenvalue weighted by Crippen LogP contribution is -2.33. The normalized spacial score (nSPS) is 12.3. The molecule has 0 spiro atoms. The number of hydrogen-bond acceptors (Lipinski definition) is 7. The second kappa shape index (κ2) is 17.2. The monoisotopic (exact) mass is 568 g/mol. The third kappa shape index (κ3) is 11.6. The molecule has 1 saturated heterocycles. The van der Waals surface area contributed by atoms with Gasteiger partial charge in [0, 0.05) is 48.2 Å². The quantitative estimate of drug-likeness (QED) is 0.317. The standard InChI is InChI=1S/C24H25BrN4O2.C2H7N.C2H5N/c25-18-3-5-19(6-4-18)28-20-7-9-21(10-8-20)31-22-11-12-26-23(17-22)24(30)27-13-16-29-14-1-2-15-29;2*1-3-2/h3-12,17,28H,1-2,13-16H2,(H,27,30);3H,1-2H3;1H2,2H3. The highest BCUT2D eigenvalue weighted by molar-refractivity contribution is 9.10. The van der Waals surface area contributed by atoms with Crippen LogP contribution in [0, 0.1) is 0 Å². The zero-order chi connectivity index (χ0) is 26.9. The van der Waals surface area contributed by atoms with Crippen LogP contribution in [-0.2, 0) is 0 Å². The molecule has 0 radical (unpaired) electrons. The van der Waals surface area contributed by atoms with Gasteiger partial charge in [0.1, 0.15) is 17.2 Å². The molecule has 37 heavy (non-hydrogen) atoms. The summed E-state index contributed by atoms with van der Waals surface area (Å²) in [5.41, 5.74) is 2.32. The molecule has 8 nitrogen and oxygen atoms in total. The summed E-state index contributed by atoms with van der Waals surface area (Å²) in [6, 6.07) is 19.1. The van der Waals surface area contributed by atoms with Gasteiger partial charge in [-0.3, -0.25) is 9.78 Å². The minimum Gasteiger partial charge on any atom is -0.457 e. The van der Waals surface area contributed by atoms with Crippen LogP contribution in [0.5, 0.6) is 11.5 Å². The number of halogens is 1. The lowest BCUT2D eigenvalue weighted by atomic mass is 10.2. The number of anilines is 2.